The van der Waals surface area contributed by atoms with Crippen molar-refractivity contribution in [2.75, 3.05) is 26.9 Å². The Morgan fingerprint density at radius 2 is 1.30 bits per heavy atom. The van der Waals surface area contributed by atoms with E-state index < -0.39 is 5.97 Å². The van der Waals surface area contributed by atoms with E-state index in [-0.39, 0.29) is 0 Å². The smallest absolute Gasteiger partial charge is 0.343 e. The average Bonchev–Trinajstić information content (AvgIpc) is 2.79. The molecule has 5 heteroatoms. The molecule has 0 aliphatic rings. The average molecular weight is 404 g/mol. The minimum absolute atomic E-state index is 0.416. The van der Waals surface area contributed by atoms with Crippen LogP contribution in [0.25, 0.3) is 11.1 Å². The Morgan fingerprint density at radius 1 is 0.767 bits per heavy atom. The van der Waals surface area contributed by atoms with Gasteiger partial charge in [0.2, 0.25) is 0 Å². The monoisotopic (exact) mass is 404 g/mol. The minimum Gasteiger partial charge on any atom is -0.491 e. The van der Waals surface area contributed by atoms with E-state index in [1.165, 1.54) is 0 Å². The quantitative estimate of drug-likeness (QED) is 0.202. The highest BCUT2D eigenvalue weighted by atomic mass is 16.5. The van der Waals surface area contributed by atoms with Gasteiger partial charge in [-0.3, -0.25) is 0 Å². The second kappa shape index (κ2) is 10.8. The van der Waals surface area contributed by atoms with Gasteiger partial charge in [0.05, 0.1) is 12.2 Å². The molecule has 0 bridgehead atoms. The Hall–Kier alpha value is -3.57. The molecule has 0 fully saturated rings. The van der Waals surface area contributed by atoms with E-state index in [4.69, 9.17) is 18.9 Å². The second-order valence-electron chi connectivity index (χ2n) is 6.40. The highest BCUT2D eigenvalue weighted by Crippen LogP contribution is 2.25. The van der Waals surface area contributed by atoms with E-state index >= 15 is 0 Å². The summed E-state index contributed by atoms with van der Waals surface area (Å²) in [6.07, 6.45) is 1.66. The predicted octanol–water partition coefficient (Wildman–Crippen LogP) is 5.16. The fourth-order valence-corrected chi connectivity index (χ4v) is 2.71. The Bertz CT molecular complexity index is 944. The van der Waals surface area contributed by atoms with Gasteiger partial charge >= 0.3 is 5.97 Å². The van der Waals surface area contributed by atoms with Gasteiger partial charge in [0.25, 0.3) is 0 Å². The van der Waals surface area contributed by atoms with Crippen molar-refractivity contribution in [1.29, 1.82) is 0 Å². The number of hydrogen-bond acceptors (Lipinski definition) is 5. The van der Waals surface area contributed by atoms with Crippen LogP contribution in [0, 0.1) is 0 Å². The lowest BCUT2D eigenvalue weighted by atomic mass is 10.1. The first-order chi connectivity index (χ1) is 14.7. The molecule has 154 valence electrons. The summed E-state index contributed by atoms with van der Waals surface area (Å²) in [5, 5.41) is 0. The molecular weight excluding hydrogens is 380 g/mol. The molecule has 0 amide bonds. The van der Waals surface area contributed by atoms with Crippen LogP contribution >= 0.6 is 0 Å². The fraction of sp³-hybridized carbons (Fsp3) is 0.160. The van der Waals surface area contributed by atoms with Crippen LogP contribution < -0.4 is 14.2 Å². The van der Waals surface area contributed by atoms with Crippen LogP contribution in [0.3, 0.4) is 0 Å². The summed E-state index contributed by atoms with van der Waals surface area (Å²) in [4.78, 5) is 12.3. The fourth-order valence-electron chi connectivity index (χ4n) is 2.71. The zero-order valence-corrected chi connectivity index (χ0v) is 16.9. The van der Waals surface area contributed by atoms with Crippen LogP contribution in [0.5, 0.6) is 17.2 Å². The highest BCUT2D eigenvalue weighted by Gasteiger charge is 2.09. The zero-order chi connectivity index (χ0) is 21.2. The van der Waals surface area contributed by atoms with E-state index in [0.717, 1.165) is 16.9 Å². The van der Waals surface area contributed by atoms with Crippen LogP contribution in [0.2, 0.25) is 0 Å². The SMILES string of the molecule is C=CCOc1ccc(C(=O)Oc2ccc(-c3ccc(OCCOC)cc3)cc2)cc1. The molecule has 0 atom stereocenters. The number of methoxy groups -OCH3 is 1. The summed E-state index contributed by atoms with van der Waals surface area (Å²) in [5.74, 6) is 1.53. The van der Waals surface area contributed by atoms with Crippen LogP contribution in [0.15, 0.2) is 85.5 Å². The van der Waals surface area contributed by atoms with Gasteiger partial charge in [-0.1, -0.05) is 36.9 Å². The highest BCUT2D eigenvalue weighted by molar-refractivity contribution is 5.91. The van der Waals surface area contributed by atoms with Crippen molar-refractivity contribution in [3.63, 3.8) is 0 Å². The number of rotatable bonds is 10. The summed E-state index contributed by atoms with van der Waals surface area (Å²) in [6.45, 7) is 5.08. The number of carbonyl (C=O) groups excluding carboxylic acids is 1. The molecule has 0 aliphatic carbocycles. The van der Waals surface area contributed by atoms with Crippen molar-refractivity contribution in [3.8, 4) is 28.4 Å². The van der Waals surface area contributed by atoms with E-state index in [2.05, 4.69) is 6.58 Å². The van der Waals surface area contributed by atoms with E-state index in [1.54, 1.807) is 49.6 Å². The third kappa shape index (κ3) is 5.96. The molecule has 0 unspecified atom stereocenters. The lowest BCUT2D eigenvalue weighted by molar-refractivity contribution is 0.0734. The number of benzene rings is 3. The van der Waals surface area contributed by atoms with Crippen molar-refractivity contribution < 1.29 is 23.7 Å². The number of esters is 1. The van der Waals surface area contributed by atoms with Gasteiger partial charge < -0.3 is 18.9 Å². The van der Waals surface area contributed by atoms with Crippen LogP contribution in [0.4, 0.5) is 0 Å². The van der Waals surface area contributed by atoms with Crippen LogP contribution in [0.1, 0.15) is 10.4 Å². The Balaban J connectivity index is 1.58. The molecule has 0 saturated heterocycles. The Morgan fingerprint density at radius 3 is 1.87 bits per heavy atom. The van der Waals surface area contributed by atoms with Crippen LogP contribution in [-0.2, 0) is 4.74 Å². The summed E-state index contributed by atoms with van der Waals surface area (Å²) in [5.41, 5.74) is 2.51. The summed E-state index contributed by atoms with van der Waals surface area (Å²) < 4.78 is 21.4. The van der Waals surface area contributed by atoms with Gasteiger partial charge in [-0.25, -0.2) is 4.79 Å². The van der Waals surface area contributed by atoms with Gasteiger partial charge in [0.1, 0.15) is 30.5 Å². The van der Waals surface area contributed by atoms with Crippen molar-refractivity contribution in [2.45, 2.75) is 0 Å². The van der Waals surface area contributed by atoms with Gasteiger partial charge in [-0.15, -0.1) is 0 Å². The van der Waals surface area contributed by atoms with Crippen LogP contribution in [-0.4, -0.2) is 32.9 Å². The van der Waals surface area contributed by atoms with Crippen molar-refractivity contribution in [3.05, 3.63) is 91.0 Å². The first kappa shape index (κ1) is 21.1. The van der Waals surface area contributed by atoms with Gasteiger partial charge in [0, 0.05) is 7.11 Å². The molecule has 5 nitrogen and oxygen atoms in total. The summed E-state index contributed by atoms with van der Waals surface area (Å²) >= 11 is 0. The normalized spacial score (nSPS) is 10.3. The number of carbonyl (C=O) groups is 1. The first-order valence-corrected chi connectivity index (χ1v) is 9.58. The molecule has 3 aromatic rings. The third-order valence-corrected chi connectivity index (χ3v) is 4.27. The molecule has 3 aromatic carbocycles. The summed E-state index contributed by atoms with van der Waals surface area (Å²) in [7, 11) is 1.64. The zero-order valence-electron chi connectivity index (χ0n) is 16.9. The molecule has 0 aromatic heterocycles. The lowest BCUT2D eigenvalue weighted by Crippen LogP contribution is -2.08. The lowest BCUT2D eigenvalue weighted by Gasteiger charge is -2.08. The summed E-state index contributed by atoms with van der Waals surface area (Å²) in [6, 6.07) is 22.0. The second-order valence-corrected chi connectivity index (χ2v) is 6.40. The molecule has 30 heavy (non-hydrogen) atoms. The largest absolute Gasteiger partial charge is 0.491 e. The van der Waals surface area contributed by atoms with E-state index in [9.17, 15) is 4.79 Å². The van der Waals surface area contributed by atoms with Gasteiger partial charge in [-0.2, -0.15) is 0 Å². The van der Waals surface area contributed by atoms with Crippen molar-refractivity contribution in [2.24, 2.45) is 0 Å². The molecule has 3 rings (SSSR count). The predicted molar refractivity (Wildman–Crippen MR) is 116 cm³/mol. The Kier molecular flexibility index (Phi) is 7.64. The number of ether oxygens (including phenoxy) is 4. The first-order valence-electron chi connectivity index (χ1n) is 9.58. The minimum atomic E-state index is -0.421. The van der Waals surface area contributed by atoms with Gasteiger partial charge in [0.15, 0.2) is 0 Å². The molecular formula is C25H24O5. The molecule has 0 spiro atoms. The van der Waals surface area contributed by atoms with Crippen molar-refractivity contribution in [1.82, 2.24) is 0 Å². The van der Waals surface area contributed by atoms with Gasteiger partial charge in [-0.05, 0) is 59.7 Å². The molecule has 0 aliphatic heterocycles. The van der Waals surface area contributed by atoms with E-state index in [1.807, 2.05) is 36.4 Å². The third-order valence-electron chi connectivity index (χ3n) is 4.27. The molecule has 0 N–H and O–H groups in total. The maximum Gasteiger partial charge on any atom is 0.343 e. The Labute approximate surface area is 176 Å². The topological polar surface area (TPSA) is 54.0 Å². The standard InChI is InChI=1S/C25H24O5/c1-3-16-28-22-12-8-21(9-13-22)25(26)30-24-14-6-20(7-15-24)19-4-10-23(11-5-19)29-18-17-27-2/h3-15H,1,16-18H2,2H3. The molecule has 0 radical (unpaired) electrons. The number of hydrogen-bond donors (Lipinski definition) is 0. The maximum atomic E-state index is 12.3. The molecule has 0 heterocycles. The van der Waals surface area contributed by atoms with Crippen molar-refractivity contribution >= 4 is 5.97 Å². The molecule has 0 saturated carbocycles. The maximum absolute atomic E-state index is 12.3. The van der Waals surface area contributed by atoms with E-state index in [0.29, 0.717) is 36.9 Å².